The number of nitrogens with zero attached hydrogens (tertiary/aromatic N) is 1. The van der Waals surface area contributed by atoms with Gasteiger partial charge in [0.15, 0.2) is 5.11 Å². The van der Waals surface area contributed by atoms with Crippen molar-refractivity contribution in [2.75, 3.05) is 5.32 Å². The van der Waals surface area contributed by atoms with E-state index in [0.29, 0.717) is 5.11 Å². The fourth-order valence-corrected chi connectivity index (χ4v) is 3.32. The standard InChI is InChI=1S/C20H15Br2N3S/c21-16-8-4-6-14(12-16)19(15-7-5-9-17(22)13-15)24-25-20(26)23-18-10-2-1-3-11-18/h1-13H,(H2,23,25,26). The maximum absolute atomic E-state index is 5.36. The van der Waals surface area contributed by atoms with Gasteiger partial charge in [-0.3, -0.25) is 5.43 Å². The molecule has 0 aromatic heterocycles. The molecule has 26 heavy (non-hydrogen) atoms. The highest BCUT2D eigenvalue weighted by atomic mass is 79.9. The van der Waals surface area contributed by atoms with Gasteiger partial charge in [-0.25, -0.2) is 0 Å². The Morgan fingerprint density at radius 3 is 1.88 bits per heavy atom. The number of hydrazone groups is 1. The van der Waals surface area contributed by atoms with Crippen molar-refractivity contribution in [3.05, 3.63) is 98.9 Å². The van der Waals surface area contributed by atoms with Crippen LogP contribution in [0.25, 0.3) is 0 Å². The summed E-state index contributed by atoms with van der Waals surface area (Å²) in [5, 5.41) is 8.11. The van der Waals surface area contributed by atoms with Crippen molar-refractivity contribution in [2.24, 2.45) is 5.10 Å². The van der Waals surface area contributed by atoms with Crippen LogP contribution in [0.4, 0.5) is 5.69 Å². The quantitative estimate of drug-likeness (QED) is 0.270. The maximum atomic E-state index is 5.36. The van der Waals surface area contributed by atoms with Crippen LogP contribution in [-0.4, -0.2) is 10.8 Å². The van der Waals surface area contributed by atoms with E-state index in [1.807, 2.05) is 78.9 Å². The third-order valence-electron chi connectivity index (χ3n) is 3.50. The average Bonchev–Trinajstić information content (AvgIpc) is 2.63. The topological polar surface area (TPSA) is 36.4 Å². The SMILES string of the molecule is S=C(NN=C(c1cccc(Br)c1)c1cccc(Br)c1)Nc1ccccc1. The van der Waals surface area contributed by atoms with Gasteiger partial charge >= 0.3 is 0 Å². The van der Waals surface area contributed by atoms with Gasteiger partial charge in [0.1, 0.15) is 0 Å². The zero-order chi connectivity index (χ0) is 18.4. The number of anilines is 1. The summed E-state index contributed by atoms with van der Waals surface area (Å²) in [7, 11) is 0. The predicted octanol–water partition coefficient (Wildman–Crippen LogP) is 5.95. The minimum atomic E-state index is 0.429. The molecule has 3 nitrogen and oxygen atoms in total. The number of para-hydroxylation sites is 1. The fraction of sp³-hybridized carbons (Fsp3) is 0. The normalized spacial score (nSPS) is 10.1. The predicted molar refractivity (Wildman–Crippen MR) is 120 cm³/mol. The lowest BCUT2D eigenvalue weighted by atomic mass is 10.0. The van der Waals surface area contributed by atoms with Crippen LogP contribution >= 0.6 is 44.1 Å². The first-order valence-electron chi connectivity index (χ1n) is 7.83. The molecule has 0 atom stereocenters. The molecule has 3 aromatic carbocycles. The summed E-state index contributed by atoms with van der Waals surface area (Å²) in [5.74, 6) is 0. The molecule has 0 aliphatic heterocycles. The highest BCUT2D eigenvalue weighted by molar-refractivity contribution is 9.10. The zero-order valence-corrected chi connectivity index (χ0v) is 17.6. The first-order valence-corrected chi connectivity index (χ1v) is 9.83. The van der Waals surface area contributed by atoms with E-state index < -0.39 is 0 Å². The smallest absolute Gasteiger partial charge is 0.191 e. The van der Waals surface area contributed by atoms with Crippen LogP contribution in [0.1, 0.15) is 11.1 Å². The molecular formula is C20H15Br2N3S. The van der Waals surface area contributed by atoms with E-state index in [9.17, 15) is 0 Å². The monoisotopic (exact) mass is 487 g/mol. The van der Waals surface area contributed by atoms with Crippen LogP contribution in [0.3, 0.4) is 0 Å². The van der Waals surface area contributed by atoms with E-state index in [-0.39, 0.29) is 0 Å². The van der Waals surface area contributed by atoms with Gasteiger partial charge in [0.25, 0.3) is 0 Å². The van der Waals surface area contributed by atoms with E-state index in [1.54, 1.807) is 0 Å². The van der Waals surface area contributed by atoms with Crippen LogP contribution in [0.2, 0.25) is 0 Å². The lowest BCUT2D eigenvalue weighted by Gasteiger charge is -2.11. The van der Waals surface area contributed by atoms with E-state index in [4.69, 9.17) is 12.2 Å². The Morgan fingerprint density at radius 2 is 1.35 bits per heavy atom. The van der Waals surface area contributed by atoms with Gasteiger partial charge in [-0.2, -0.15) is 5.10 Å². The molecule has 0 radical (unpaired) electrons. The second-order valence-electron chi connectivity index (χ2n) is 5.41. The molecule has 6 heteroatoms. The van der Waals surface area contributed by atoms with Crippen LogP contribution in [0.5, 0.6) is 0 Å². The summed E-state index contributed by atoms with van der Waals surface area (Å²) >= 11 is 12.4. The van der Waals surface area contributed by atoms with Crippen LogP contribution in [-0.2, 0) is 0 Å². The van der Waals surface area contributed by atoms with E-state index >= 15 is 0 Å². The summed E-state index contributed by atoms with van der Waals surface area (Å²) in [6.07, 6.45) is 0. The van der Waals surface area contributed by atoms with Crippen LogP contribution < -0.4 is 10.7 Å². The molecule has 0 aliphatic carbocycles. The minimum absolute atomic E-state index is 0.429. The summed E-state index contributed by atoms with van der Waals surface area (Å²) < 4.78 is 1.98. The summed E-state index contributed by atoms with van der Waals surface area (Å²) in [5.41, 5.74) is 6.61. The van der Waals surface area contributed by atoms with Gasteiger partial charge in [-0.05, 0) is 48.6 Å². The largest absolute Gasteiger partial charge is 0.331 e. The van der Waals surface area contributed by atoms with Crippen molar-refractivity contribution in [1.29, 1.82) is 0 Å². The molecule has 0 amide bonds. The molecule has 130 valence electrons. The molecule has 0 bridgehead atoms. The van der Waals surface area contributed by atoms with Crippen molar-refractivity contribution >= 4 is 60.6 Å². The molecule has 0 saturated heterocycles. The second kappa shape index (κ2) is 9.07. The first kappa shape index (κ1) is 18.8. The number of nitrogens with one attached hydrogen (secondary N) is 2. The molecule has 0 fully saturated rings. The molecule has 0 spiro atoms. The van der Waals surface area contributed by atoms with Crippen molar-refractivity contribution < 1.29 is 0 Å². The third-order valence-corrected chi connectivity index (χ3v) is 4.68. The number of halogens is 2. The highest BCUT2D eigenvalue weighted by Gasteiger charge is 2.09. The number of thiocarbonyl (C=S) groups is 1. The Labute approximate surface area is 174 Å². The van der Waals surface area contributed by atoms with Gasteiger partial charge in [-0.15, -0.1) is 0 Å². The molecule has 0 saturated carbocycles. The second-order valence-corrected chi connectivity index (χ2v) is 7.65. The van der Waals surface area contributed by atoms with Gasteiger partial charge in [0.2, 0.25) is 0 Å². The van der Waals surface area contributed by atoms with E-state index in [1.165, 1.54) is 0 Å². The number of hydrogen-bond acceptors (Lipinski definition) is 2. The summed E-state index contributed by atoms with van der Waals surface area (Å²) in [6.45, 7) is 0. The fourth-order valence-electron chi connectivity index (χ4n) is 2.35. The molecule has 0 heterocycles. The Bertz CT molecular complexity index is 895. The molecule has 0 aliphatic rings. The Kier molecular flexibility index (Phi) is 6.55. The van der Waals surface area contributed by atoms with Crippen molar-refractivity contribution in [2.45, 2.75) is 0 Å². The zero-order valence-electron chi connectivity index (χ0n) is 13.6. The van der Waals surface area contributed by atoms with Gasteiger partial charge in [0.05, 0.1) is 5.71 Å². The maximum Gasteiger partial charge on any atom is 0.191 e. The Hall–Kier alpha value is -2.02. The van der Waals surface area contributed by atoms with E-state index in [0.717, 1.165) is 31.5 Å². The Morgan fingerprint density at radius 1 is 0.769 bits per heavy atom. The molecule has 3 rings (SSSR count). The lowest BCUT2D eigenvalue weighted by molar-refractivity contribution is 1.04. The van der Waals surface area contributed by atoms with Crippen LogP contribution in [0.15, 0.2) is 92.9 Å². The molecular weight excluding hydrogens is 474 g/mol. The lowest BCUT2D eigenvalue weighted by Crippen LogP contribution is -2.25. The molecule has 0 unspecified atom stereocenters. The van der Waals surface area contributed by atoms with Gasteiger partial charge in [-0.1, -0.05) is 74.3 Å². The highest BCUT2D eigenvalue weighted by Crippen LogP contribution is 2.19. The van der Waals surface area contributed by atoms with Gasteiger partial charge < -0.3 is 5.32 Å². The third kappa shape index (κ3) is 5.24. The first-order chi connectivity index (χ1) is 12.6. The van der Waals surface area contributed by atoms with E-state index in [2.05, 4.69) is 47.7 Å². The van der Waals surface area contributed by atoms with Crippen LogP contribution in [0, 0.1) is 0 Å². The number of hydrogen-bond donors (Lipinski definition) is 2. The number of rotatable bonds is 4. The molecule has 2 N–H and O–H groups in total. The van der Waals surface area contributed by atoms with Crippen molar-refractivity contribution in [3.63, 3.8) is 0 Å². The van der Waals surface area contributed by atoms with Crippen molar-refractivity contribution in [3.8, 4) is 0 Å². The van der Waals surface area contributed by atoms with Crippen molar-refractivity contribution in [1.82, 2.24) is 5.43 Å². The summed E-state index contributed by atoms with van der Waals surface area (Å²) in [4.78, 5) is 0. The molecule has 3 aromatic rings. The summed E-state index contributed by atoms with van der Waals surface area (Å²) in [6, 6.07) is 25.7. The Balaban J connectivity index is 1.88. The minimum Gasteiger partial charge on any atom is -0.331 e. The number of benzene rings is 3. The average molecular weight is 489 g/mol. The van der Waals surface area contributed by atoms with Gasteiger partial charge in [0, 0.05) is 25.8 Å².